The van der Waals surface area contributed by atoms with E-state index >= 15 is 0 Å². The number of alkyl halides is 2. The highest BCUT2D eigenvalue weighted by Gasteiger charge is 2.15. The molecule has 0 N–H and O–H groups in total. The molecule has 0 radical (unpaired) electrons. The quantitative estimate of drug-likeness (QED) is 0.560. The van der Waals surface area contributed by atoms with Gasteiger partial charge in [-0.2, -0.15) is 0 Å². The number of halogens is 2. The van der Waals surface area contributed by atoms with Crippen LogP contribution < -0.4 is 0 Å². The third kappa shape index (κ3) is 2.93. The number of hydrogen-bond acceptors (Lipinski definition) is 6. The molecule has 2 rings (SSSR count). The maximum Gasteiger partial charge on any atom is 0.184 e. The zero-order valence-corrected chi connectivity index (χ0v) is 13.7. The molecule has 18 heavy (non-hydrogen) atoms. The van der Waals surface area contributed by atoms with E-state index in [1.165, 1.54) is 35.1 Å². The van der Waals surface area contributed by atoms with Crippen molar-refractivity contribution in [3.63, 3.8) is 0 Å². The molecule has 0 unspecified atom stereocenters. The average molecular weight is 410 g/mol. The van der Waals surface area contributed by atoms with Crippen molar-refractivity contribution in [1.82, 2.24) is 9.97 Å². The molecule has 0 fully saturated rings. The second-order valence-corrected chi connectivity index (χ2v) is 6.36. The van der Waals surface area contributed by atoms with Crippen LogP contribution >= 0.6 is 54.5 Å². The van der Waals surface area contributed by atoms with E-state index in [2.05, 4.69) is 41.8 Å². The van der Waals surface area contributed by atoms with Crippen molar-refractivity contribution < 1.29 is 9.59 Å². The fraction of sp³-hybridized carbons (Fsp3) is 0.200. The summed E-state index contributed by atoms with van der Waals surface area (Å²) in [5.41, 5.74) is 0. The van der Waals surface area contributed by atoms with Gasteiger partial charge in [-0.25, -0.2) is 9.97 Å². The average Bonchev–Trinajstić information content (AvgIpc) is 3.04. The lowest BCUT2D eigenvalue weighted by Gasteiger charge is -1.88. The second kappa shape index (κ2) is 6.14. The zero-order chi connectivity index (χ0) is 13.1. The first kappa shape index (κ1) is 14.0. The Bertz CT molecular complexity index is 542. The molecule has 0 aliphatic heterocycles. The van der Waals surface area contributed by atoms with E-state index in [1.807, 2.05) is 0 Å². The third-order valence-corrected chi connectivity index (χ3v) is 5.22. The van der Waals surface area contributed by atoms with E-state index in [0.717, 1.165) is 0 Å². The lowest BCUT2D eigenvalue weighted by molar-refractivity contribution is 0.101. The van der Waals surface area contributed by atoms with Crippen LogP contribution in [0.1, 0.15) is 19.3 Å². The summed E-state index contributed by atoms with van der Waals surface area (Å²) in [6.45, 7) is 0. The Morgan fingerprint density at radius 1 is 0.944 bits per heavy atom. The Labute approximate surface area is 128 Å². The van der Waals surface area contributed by atoms with Crippen molar-refractivity contribution in [2.45, 2.75) is 0 Å². The summed E-state index contributed by atoms with van der Waals surface area (Å²) in [6, 6.07) is 0. The monoisotopic (exact) mass is 408 g/mol. The first-order valence-electron chi connectivity index (χ1n) is 4.76. The molecule has 0 aliphatic rings. The van der Waals surface area contributed by atoms with Crippen molar-refractivity contribution in [2.75, 3.05) is 10.7 Å². The normalized spacial score (nSPS) is 10.6. The van der Waals surface area contributed by atoms with E-state index in [-0.39, 0.29) is 22.2 Å². The molecule has 0 spiro atoms. The largest absolute Gasteiger partial charge is 0.292 e. The lowest BCUT2D eigenvalue weighted by Crippen LogP contribution is -1.95. The first-order chi connectivity index (χ1) is 8.65. The smallest absolute Gasteiger partial charge is 0.184 e. The van der Waals surface area contributed by atoms with Crippen LogP contribution in [0, 0.1) is 0 Å². The van der Waals surface area contributed by atoms with Gasteiger partial charge in [-0.1, -0.05) is 31.9 Å². The molecule has 0 saturated heterocycles. The van der Waals surface area contributed by atoms with Crippen LogP contribution in [-0.4, -0.2) is 32.2 Å². The van der Waals surface area contributed by atoms with Crippen LogP contribution in [-0.2, 0) is 0 Å². The molecule has 0 bridgehead atoms. The fourth-order valence-corrected chi connectivity index (χ4v) is 3.85. The van der Waals surface area contributed by atoms with E-state index in [4.69, 9.17) is 0 Å². The minimum absolute atomic E-state index is 0.00735. The highest BCUT2D eigenvalue weighted by atomic mass is 79.9. The number of carbonyl (C=O) groups excluding carboxylic acids is 2. The van der Waals surface area contributed by atoms with Gasteiger partial charge in [-0.15, -0.1) is 22.7 Å². The number of nitrogens with zero attached hydrogens (tertiary/aromatic N) is 2. The molecule has 2 aromatic rings. The molecule has 4 nitrogen and oxygen atoms in total. The van der Waals surface area contributed by atoms with Gasteiger partial charge < -0.3 is 0 Å². The molecular weight excluding hydrogens is 404 g/mol. The van der Waals surface area contributed by atoms with Crippen molar-refractivity contribution >= 4 is 66.1 Å². The maximum atomic E-state index is 11.5. The predicted octanol–water partition coefficient (Wildman–Crippen LogP) is 3.42. The van der Waals surface area contributed by atoms with E-state index in [1.54, 1.807) is 0 Å². The minimum atomic E-state index is -0.00735. The van der Waals surface area contributed by atoms with Crippen LogP contribution in [0.25, 0.3) is 10.0 Å². The fourth-order valence-electron chi connectivity index (χ4n) is 1.14. The van der Waals surface area contributed by atoms with E-state index in [9.17, 15) is 9.59 Å². The molecule has 0 atom stereocenters. The zero-order valence-electron chi connectivity index (χ0n) is 8.85. The third-order valence-electron chi connectivity index (χ3n) is 1.99. The first-order valence-corrected chi connectivity index (χ1v) is 8.63. The van der Waals surface area contributed by atoms with Crippen LogP contribution in [0.5, 0.6) is 0 Å². The predicted molar refractivity (Wildman–Crippen MR) is 79.5 cm³/mol. The molecule has 0 aromatic carbocycles. The van der Waals surface area contributed by atoms with Gasteiger partial charge >= 0.3 is 0 Å². The highest BCUT2D eigenvalue weighted by molar-refractivity contribution is 9.09. The minimum Gasteiger partial charge on any atom is -0.292 e. The number of Topliss-reactive ketones (excluding diaryl/α,β-unsaturated/α-hetero) is 2. The van der Waals surface area contributed by atoms with Crippen molar-refractivity contribution in [1.29, 1.82) is 0 Å². The molecule has 0 amide bonds. The SMILES string of the molecule is O=C(CBr)c1cnc(-c2ncc(C(=O)CBr)s2)s1. The van der Waals surface area contributed by atoms with Gasteiger partial charge in [0.1, 0.15) is 0 Å². The Morgan fingerprint density at radius 2 is 1.33 bits per heavy atom. The molecule has 8 heteroatoms. The summed E-state index contributed by atoms with van der Waals surface area (Å²) in [5, 5.41) is 1.88. The Morgan fingerprint density at radius 3 is 1.67 bits per heavy atom. The molecule has 2 heterocycles. The molecule has 0 aliphatic carbocycles. The van der Waals surface area contributed by atoms with Crippen LogP contribution in [0.4, 0.5) is 0 Å². The van der Waals surface area contributed by atoms with E-state index in [0.29, 0.717) is 19.8 Å². The number of rotatable bonds is 5. The second-order valence-electron chi connectivity index (χ2n) is 3.17. The summed E-state index contributed by atoms with van der Waals surface area (Å²) >= 11 is 8.80. The molecular formula is C10H6Br2N2O2S2. The van der Waals surface area contributed by atoms with Gasteiger partial charge in [-0.3, -0.25) is 9.59 Å². The topological polar surface area (TPSA) is 59.9 Å². The molecule has 94 valence electrons. The Hall–Kier alpha value is -0.440. The summed E-state index contributed by atoms with van der Waals surface area (Å²) in [5.74, 6) is -0.0147. The summed E-state index contributed by atoms with van der Waals surface area (Å²) in [6.07, 6.45) is 3.08. The van der Waals surface area contributed by atoms with Gasteiger partial charge in [0.25, 0.3) is 0 Å². The number of aromatic nitrogens is 2. The standard InChI is InChI=1S/C10H6Br2N2O2S2/c11-1-5(15)7-3-13-9(17-7)10-14-4-8(18-10)6(16)2-12/h3-4H,1-2H2. The lowest BCUT2D eigenvalue weighted by atomic mass is 10.4. The van der Waals surface area contributed by atoms with E-state index < -0.39 is 0 Å². The van der Waals surface area contributed by atoms with Crippen molar-refractivity contribution in [3.05, 3.63) is 22.1 Å². The number of carbonyl (C=O) groups is 2. The van der Waals surface area contributed by atoms with Gasteiger partial charge in [0, 0.05) is 12.4 Å². The van der Waals surface area contributed by atoms with Gasteiger partial charge in [0.15, 0.2) is 21.6 Å². The summed E-state index contributed by atoms with van der Waals surface area (Å²) in [4.78, 5) is 32.4. The highest BCUT2D eigenvalue weighted by Crippen LogP contribution is 2.29. The van der Waals surface area contributed by atoms with Crippen LogP contribution in [0.3, 0.4) is 0 Å². The molecule has 2 aromatic heterocycles. The maximum absolute atomic E-state index is 11.5. The van der Waals surface area contributed by atoms with Gasteiger partial charge in [-0.05, 0) is 0 Å². The summed E-state index contributed by atoms with van der Waals surface area (Å²) in [7, 11) is 0. The van der Waals surface area contributed by atoms with Crippen molar-refractivity contribution in [2.24, 2.45) is 0 Å². The van der Waals surface area contributed by atoms with Gasteiger partial charge in [0.05, 0.1) is 20.4 Å². The number of thiazole rings is 2. The molecule has 0 saturated carbocycles. The van der Waals surface area contributed by atoms with Crippen LogP contribution in [0.2, 0.25) is 0 Å². The van der Waals surface area contributed by atoms with Crippen LogP contribution in [0.15, 0.2) is 12.4 Å². The summed E-state index contributed by atoms with van der Waals surface area (Å²) < 4.78 is 0. The number of ketones is 2. The van der Waals surface area contributed by atoms with Crippen molar-refractivity contribution in [3.8, 4) is 10.0 Å². The Balaban J connectivity index is 2.26. The van der Waals surface area contributed by atoms with Gasteiger partial charge in [0.2, 0.25) is 0 Å². The Kier molecular flexibility index (Phi) is 4.77. The number of hydrogen-bond donors (Lipinski definition) is 0.